The molecular weight excluding hydrogens is 445 g/mol. The van der Waals surface area contributed by atoms with Crippen molar-refractivity contribution in [3.8, 4) is 5.75 Å². The third-order valence-corrected chi connectivity index (χ3v) is 4.19. The minimum Gasteiger partial charge on any atom is -0.494 e. The zero-order chi connectivity index (χ0) is 23.8. The van der Waals surface area contributed by atoms with Gasteiger partial charge in [-0.05, 0) is 32.0 Å². The average molecular weight is 459 g/mol. The highest BCUT2D eigenvalue weighted by Crippen LogP contribution is 2.43. The first-order valence-electron chi connectivity index (χ1n) is 8.90. The van der Waals surface area contributed by atoms with Gasteiger partial charge < -0.3 is 10.1 Å². The predicted molar refractivity (Wildman–Crippen MR) is 99.9 cm³/mol. The van der Waals surface area contributed by atoms with Crippen LogP contribution >= 0.6 is 0 Å². The quantitative estimate of drug-likeness (QED) is 0.335. The highest BCUT2D eigenvalue weighted by atomic mass is 19.4. The number of hydrogen-bond acceptors (Lipinski definition) is 6. The molecule has 0 saturated heterocycles. The third-order valence-electron chi connectivity index (χ3n) is 4.19. The van der Waals surface area contributed by atoms with E-state index in [1.807, 2.05) is 0 Å². The second-order valence-electron chi connectivity index (χ2n) is 6.48. The number of rotatable bonds is 6. The molecule has 170 valence electrons. The van der Waals surface area contributed by atoms with Gasteiger partial charge in [-0.2, -0.15) is 27.1 Å². The number of aromatic nitrogens is 3. The fourth-order valence-electron chi connectivity index (χ4n) is 2.79. The monoisotopic (exact) mass is 459 g/mol. The lowest BCUT2D eigenvalue weighted by Gasteiger charge is -2.20. The Labute approximate surface area is 176 Å². The molecule has 1 aromatic carbocycles. The Kier molecular flexibility index (Phi) is 5.72. The van der Waals surface area contributed by atoms with Crippen LogP contribution in [0.25, 0.3) is 5.65 Å². The van der Waals surface area contributed by atoms with Gasteiger partial charge in [0, 0.05) is 11.8 Å². The Morgan fingerprint density at radius 3 is 2.50 bits per heavy atom. The Morgan fingerprint density at radius 1 is 1.22 bits per heavy atom. The molecule has 0 aliphatic heterocycles. The van der Waals surface area contributed by atoms with E-state index >= 15 is 0 Å². The van der Waals surface area contributed by atoms with Gasteiger partial charge in [-0.25, -0.2) is 9.50 Å². The number of benzene rings is 1. The summed E-state index contributed by atoms with van der Waals surface area (Å²) in [6.07, 6.45) is -5.91. The number of aryl methyl sites for hydroxylation is 1. The number of anilines is 1. The number of carbonyl (C=O) groups excluding carboxylic acids is 1. The summed E-state index contributed by atoms with van der Waals surface area (Å²) < 4.78 is 71.9. The maximum absolute atomic E-state index is 14.0. The van der Waals surface area contributed by atoms with Crippen molar-refractivity contribution in [2.24, 2.45) is 0 Å². The van der Waals surface area contributed by atoms with Crippen molar-refractivity contribution in [3.05, 3.63) is 57.5 Å². The van der Waals surface area contributed by atoms with Crippen LogP contribution in [0.2, 0.25) is 0 Å². The first-order chi connectivity index (χ1) is 14.8. The highest BCUT2D eigenvalue weighted by molar-refractivity contribution is 6.04. The van der Waals surface area contributed by atoms with Crippen molar-refractivity contribution in [1.29, 1.82) is 0 Å². The van der Waals surface area contributed by atoms with Crippen LogP contribution in [0.15, 0.2) is 30.3 Å². The summed E-state index contributed by atoms with van der Waals surface area (Å²) in [5.74, 6) is -6.18. The summed E-state index contributed by atoms with van der Waals surface area (Å²) >= 11 is 0. The first-order valence-corrected chi connectivity index (χ1v) is 8.90. The summed E-state index contributed by atoms with van der Waals surface area (Å²) in [5.41, 5.74) is -3.48. The van der Waals surface area contributed by atoms with Crippen LogP contribution in [0.4, 0.5) is 33.3 Å². The number of alkyl halides is 5. The Balaban J connectivity index is 2.02. The van der Waals surface area contributed by atoms with Gasteiger partial charge in [0.15, 0.2) is 11.3 Å². The van der Waals surface area contributed by atoms with Crippen molar-refractivity contribution in [3.63, 3.8) is 0 Å². The van der Waals surface area contributed by atoms with Gasteiger partial charge >= 0.3 is 12.1 Å². The molecule has 3 aromatic rings. The number of nitrogens with zero attached hydrogens (tertiary/aromatic N) is 4. The van der Waals surface area contributed by atoms with E-state index in [9.17, 15) is 36.9 Å². The number of halogens is 5. The van der Waals surface area contributed by atoms with E-state index in [-0.39, 0.29) is 28.3 Å². The fourth-order valence-corrected chi connectivity index (χ4v) is 2.79. The normalized spacial score (nSPS) is 12.1. The van der Waals surface area contributed by atoms with Crippen LogP contribution in [-0.2, 0) is 5.92 Å². The molecule has 3 rings (SSSR count). The summed E-state index contributed by atoms with van der Waals surface area (Å²) in [7, 11) is 0. The zero-order valence-electron chi connectivity index (χ0n) is 16.4. The molecular formula is C18H14F5N5O4. The molecule has 0 aliphatic rings. The molecule has 32 heavy (non-hydrogen) atoms. The van der Waals surface area contributed by atoms with E-state index in [0.717, 1.165) is 12.1 Å². The van der Waals surface area contributed by atoms with Gasteiger partial charge in [0.05, 0.1) is 17.6 Å². The Morgan fingerprint density at radius 2 is 1.91 bits per heavy atom. The topological polar surface area (TPSA) is 112 Å². The molecule has 9 nitrogen and oxygen atoms in total. The van der Waals surface area contributed by atoms with Crippen molar-refractivity contribution in [2.75, 3.05) is 11.9 Å². The van der Waals surface area contributed by atoms with Crippen LogP contribution in [0.3, 0.4) is 0 Å². The van der Waals surface area contributed by atoms with E-state index < -0.39 is 45.7 Å². The highest BCUT2D eigenvalue weighted by Gasteiger charge is 2.60. The van der Waals surface area contributed by atoms with Gasteiger partial charge in [0.2, 0.25) is 0 Å². The number of fused-ring (bicyclic) bond motifs is 1. The first kappa shape index (κ1) is 22.8. The summed E-state index contributed by atoms with van der Waals surface area (Å²) in [6.45, 7) is 3.10. The van der Waals surface area contributed by atoms with E-state index in [2.05, 4.69) is 15.4 Å². The molecule has 0 unspecified atom stereocenters. The zero-order valence-corrected chi connectivity index (χ0v) is 16.4. The molecule has 0 aliphatic carbocycles. The van der Waals surface area contributed by atoms with E-state index in [1.165, 1.54) is 19.1 Å². The number of nitro benzene ring substituents is 1. The lowest BCUT2D eigenvalue weighted by atomic mass is 10.2. The van der Waals surface area contributed by atoms with Crippen molar-refractivity contribution in [1.82, 2.24) is 14.6 Å². The maximum atomic E-state index is 14.0. The minimum atomic E-state index is -5.91. The number of hydrogen-bond donors (Lipinski definition) is 1. The molecule has 1 amide bonds. The third kappa shape index (κ3) is 4.15. The molecule has 2 heterocycles. The average Bonchev–Trinajstić information content (AvgIpc) is 3.11. The van der Waals surface area contributed by atoms with Crippen LogP contribution in [-0.4, -0.2) is 38.2 Å². The summed E-state index contributed by atoms with van der Waals surface area (Å²) in [5, 5.41) is 17.0. The summed E-state index contributed by atoms with van der Waals surface area (Å²) in [4.78, 5) is 26.9. The minimum absolute atomic E-state index is 0.162. The Hall–Kier alpha value is -3.84. The van der Waals surface area contributed by atoms with Gasteiger partial charge in [-0.1, -0.05) is 0 Å². The number of amides is 1. The fraction of sp³-hybridized carbons (Fsp3) is 0.278. The van der Waals surface area contributed by atoms with Crippen molar-refractivity contribution >= 4 is 22.9 Å². The van der Waals surface area contributed by atoms with Gasteiger partial charge in [0.25, 0.3) is 11.6 Å². The van der Waals surface area contributed by atoms with E-state index in [1.54, 1.807) is 6.92 Å². The smallest absolute Gasteiger partial charge is 0.459 e. The van der Waals surface area contributed by atoms with Gasteiger partial charge in [-0.15, -0.1) is 0 Å². The van der Waals surface area contributed by atoms with E-state index in [4.69, 9.17) is 4.74 Å². The van der Waals surface area contributed by atoms with Crippen molar-refractivity contribution in [2.45, 2.75) is 25.9 Å². The van der Waals surface area contributed by atoms with E-state index in [0.29, 0.717) is 6.07 Å². The molecule has 1 N–H and O–H groups in total. The van der Waals surface area contributed by atoms with Gasteiger partial charge in [0.1, 0.15) is 17.1 Å². The second-order valence-corrected chi connectivity index (χ2v) is 6.48. The predicted octanol–water partition coefficient (Wildman–Crippen LogP) is 4.25. The molecule has 0 bridgehead atoms. The molecule has 0 radical (unpaired) electrons. The summed E-state index contributed by atoms with van der Waals surface area (Å²) in [6, 6.07) is 4.99. The van der Waals surface area contributed by atoms with Gasteiger partial charge in [-0.3, -0.25) is 14.9 Å². The van der Waals surface area contributed by atoms with Crippen LogP contribution in [0, 0.1) is 17.0 Å². The van der Waals surface area contributed by atoms with Crippen LogP contribution in [0.1, 0.15) is 28.8 Å². The number of nitro groups is 1. The lowest BCUT2D eigenvalue weighted by molar-refractivity contribution is -0.384. The van der Waals surface area contributed by atoms with Crippen LogP contribution < -0.4 is 10.1 Å². The van der Waals surface area contributed by atoms with Crippen LogP contribution in [0.5, 0.6) is 5.75 Å². The number of nitrogens with one attached hydrogen (secondary N) is 1. The number of carbonyl (C=O) groups is 1. The molecule has 0 spiro atoms. The van der Waals surface area contributed by atoms with Crippen molar-refractivity contribution < 1.29 is 36.4 Å². The SMILES string of the molecule is CCOc1ccc(NC(=O)c2cc3nc(C)cc(C(F)(F)C(F)(F)F)n3n2)c([N+](=O)[O-])c1. The standard InChI is InChI=1S/C18H14F5N5O4/c1-3-32-10-4-5-11(13(7-10)28(30)31)25-16(29)12-8-15-24-9(2)6-14(27(15)26-12)17(19,20)18(21,22)23/h4-8H,3H2,1-2H3,(H,25,29). The second kappa shape index (κ2) is 8.01. The largest absolute Gasteiger partial charge is 0.494 e. The molecule has 0 atom stereocenters. The number of ether oxygens (including phenoxy) is 1. The maximum Gasteiger partial charge on any atom is 0.459 e. The molecule has 0 saturated carbocycles. The molecule has 0 fully saturated rings. The lowest BCUT2D eigenvalue weighted by Crippen LogP contribution is -2.36. The molecule has 2 aromatic heterocycles. The Bertz CT molecular complexity index is 1210. The molecule has 14 heteroatoms.